The lowest BCUT2D eigenvalue weighted by Gasteiger charge is -2.58. The van der Waals surface area contributed by atoms with Crippen LogP contribution in [0.3, 0.4) is 0 Å². The van der Waals surface area contributed by atoms with Crippen molar-refractivity contribution in [2.45, 2.75) is 63.4 Å². The standard InChI is InChI=1S/C29H35NO5S/c1-28-15-14-20(35-5)16-18(28)6-11-22-23-12-13-24(29(23,2)17-25(31)26(22)28)27(30-3)36(32,33)21-9-7-19(34-4)8-10-21/h6-10,16,22-23,25-26,31H,11-15,17H2,1-2,4-5H3/t22-,23-,25-,26+,28-,29-/m0/s1. The van der Waals surface area contributed by atoms with Gasteiger partial charge in [0.2, 0.25) is 9.84 Å². The van der Waals surface area contributed by atoms with E-state index in [1.54, 1.807) is 19.2 Å². The smallest absolute Gasteiger partial charge is 0.282 e. The Hall–Kier alpha value is -2.56. The van der Waals surface area contributed by atoms with Gasteiger partial charge >= 0.3 is 0 Å². The lowest BCUT2D eigenvalue weighted by atomic mass is 9.47. The zero-order chi connectivity index (χ0) is 25.9. The molecule has 0 unspecified atom stereocenters. The summed E-state index contributed by atoms with van der Waals surface area (Å²) in [6.07, 6.45) is 8.44. The second kappa shape index (κ2) is 8.78. The van der Waals surface area contributed by atoms with Crippen molar-refractivity contribution in [2.24, 2.45) is 28.6 Å². The number of ether oxygens (including phenoxy) is 2. The molecule has 4 aliphatic carbocycles. The third kappa shape index (κ3) is 3.56. The van der Waals surface area contributed by atoms with Gasteiger partial charge in [0.1, 0.15) is 5.75 Å². The molecule has 0 spiro atoms. The van der Waals surface area contributed by atoms with E-state index in [0.29, 0.717) is 24.2 Å². The maximum absolute atomic E-state index is 13.6. The number of rotatable bonds is 4. The maximum atomic E-state index is 13.6. The van der Waals surface area contributed by atoms with E-state index in [0.717, 1.165) is 31.4 Å². The van der Waals surface area contributed by atoms with Crippen LogP contribution in [0.5, 0.6) is 5.75 Å². The van der Waals surface area contributed by atoms with Crippen LogP contribution < -0.4 is 4.74 Å². The molecule has 1 aromatic carbocycles. The Kier molecular flexibility index (Phi) is 6.12. The Morgan fingerprint density at radius 1 is 1.11 bits per heavy atom. The average molecular weight is 510 g/mol. The Balaban J connectivity index is 1.55. The third-order valence-electron chi connectivity index (χ3n) is 9.70. The van der Waals surface area contributed by atoms with Crippen LogP contribution in [0.4, 0.5) is 0 Å². The number of benzene rings is 1. The second-order valence-electron chi connectivity index (χ2n) is 11.2. The Morgan fingerprint density at radius 2 is 1.83 bits per heavy atom. The van der Waals surface area contributed by atoms with Crippen LogP contribution in [0, 0.1) is 35.2 Å². The topological polar surface area (TPSA) is 77.2 Å². The van der Waals surface area contributed by atoms with Crippen LogP contribution >= 0.6 is 0 Å². The van der Waals surface area contributed by atoms with E-state index in [9.17, 15) is 13.5 Å². The molecule has 5 rings (SSSR count). The molecule has 192 valence electrons. The van der Waals surface area contributed by atoms with Gasteiger partial charge in [-0.2, -0.15) is 0 Å². The third-order valence-corrected chi connectivity index (χ3v) is 11.4. The van der Waals surface area contributed by atoms with E-state index in [4.69, 9.17) is 16.0 Å². The van der Waals surface area contributed by atoms with Gasteiger partial charge in [-0.05, 0) is 102 Å². The van der Waals surface area contributed by atoms with Crippen LogP contribution in [0.2, 0.25) is 0 Å². The van der Waals surface area contributed by atoms with E-state index in [2.05, 4.69) is 30.8 Å². The van der Waals surface area contributed by atoms with Gasteiger partial charge in [-0.1, -0.05) is 19.9 Å². The molecule has 0 bridgehead atoms. The van der Waals surface area contributed by atoms with Crippen molar-refractivity contribution in [1.82, 2.24) is 0 Å². The average Bonchev–Trinajstić information content (AvgIpc) is 3.19. The van der Waals surface area contributed by atoms with Crippen LogP contribution in [-0.2, 0) is 14.6 Å². The molecule has 0 aromatic heterocycles. The fourth-order valence-electron chi connectivity index (χ4n) is 7.91. The molecule has 36 heavy (non-hydrogen) atoms. The summed E-state index contributed by atoms with van der Waals surface area (Å²) in [5.41, 5.74) is 1.30. The number of aliphatic hydroxyl groups is 1. The van der Waals surface area contributed by atoms with Gasteiger partial charge in [0.05, 0.1) is 37.6 Å². The molecule has 2 fully saturated rings. The predicted octanol–water partition coefficient (Wildman–Crippen LogP) is 5.67. The molecule has 7 heteroatoms. The van der Waals surface area contributed by atoms with Crippen molar-refractivity contribution in [3.8, 4) is 5.75 Å². The first-order chi connectivity index (χ1) is 17.1. The van der Waals surface area contributed by atoms with E-state index in [1.807, 2.05) is 0 Å². The normalized spacial score (nSPS) is 36.9. The summed E-state index contributed by atoms with van der Waals surface area (Å²) >= 11 is 0. The highest BCUT2D eigenvalue weighted by Gasteiger charge is 2.60. The highest BCUT2D eigenvalue weighted by Crippen LogP contribution is 2.66. The summed E-state index contributed by atoms with van der Waals surface area (Å²) < 4.78 is 37.9. The van der Waals surface area contributed by atoms with Crippen LogP contribution in [-0.4, -0.2) is 33.8 Å². The molecule has 0 heterocycles. The van der Waals surface area contributed by atoms with Gasteiger partial charge in [-0.15, -0.1) is 0 Å². The minimum atomic E-state index is -3.98. The molecule has 4 aliphatic rings. The van der Waals surface area contributed by atoms with Crippen molar-refractivity contribution < 1.29 is 23.0 Å². The Labute approximate surface area is 214 Å². The molecule has 1 aromatic rings. The summed E-state index contributed by atoms with van der Waals surface area (Å²) in [7, 11) is -0.740. The van der Waals surface area contributed by atoms with Crippen LogP contribution in [0.25, 0.3) is 4.85 Å². The highest BCUT2D eigenvalue weighted by atomic mass is 32.2. The molecule has 0 saturated heterocycles. The summed E-state index contributed by atoms with van der Waals surface area (Å²) in [6, 6.07) is 6.21. The van der Waals surface area contributed by atoms with E-state index < -0.39 is 21.4 Å². The molecule has 0 radical (unpaired) electrons. The minimum Gasteiger partial charge on any atom is -0.501 e. The molecule has 0 amide bonds. The number of aliphatic hydroxyl groups excluding tert-OH is 1. The minimum absolute atomic E-state index is 0.101. The summed E-state index contributed by atoms with van der Waals surface area (Å²) in [5.74, 6) is 2.14. The molecule has 2 saturated carbocycles. The number of sulfone groups is 1. The summed E-state index contributed by atoms with van der Waals surface area (Å²) in [6.45, 7) is 12.3. The van der Waals surface area contributed by atoms with E-state index in [-0.39, 0.29) is 33.1 Å². The van der Waals surface area contributed by atoms with Crippen molar-refractivity contribution in [3.63, 3.8) is 0 Å². The van der Waals surface area contributed by atoms with Crippen molar-refractivity contribution in [1.29, 1.82) is 0 Å². The van der Waals surface area contributed by atoms with Gasteiger partial charge in [-0.25, -0.2) is 13.3 Å². The molecule has 1 N–H and O–H groups in total. The van der Waals surface area contributed by atoms with Gasteiger partial charge in [0.15, 0.2) is 0 Å². The maximum Gasteiger partial charge on any atom is 0.282 e. The van der Waals surface area contributed by atoms with Crippen molar-refractivity contribution in [2.75, 3.05) is 14.2 Å². The van der Waals surface area contributed by atoms with Crippen LogP contribution in [0.1, 0.15) is 52.4 Å². The van der Waals surface area contributed by atoms with Crippen LogP contribution in [0.15, 0.2) is 63.2 Å². The zero-order valence-corrected chi connectivity index (χ0v) is 22.3. The summed E-state index contributed by atoms with van der Waals surface area (Å²) in [4.78, 5) is 3.72. The molecule has 6 atom stereocenters. The fraction of sp³-hybridized carbons (Fsp3) is 0.552. The van der Waals surface area contributed by atoms with Gasteiger partial charge in [-0.3, -0.25) is 0 Å². The lowest BCUT2D eigenvalue weighted by molar-refractivity contribution is -0.0989. The molecular formula is C29H35NO5S. The molecular weight excluding hydrogens is 474 g/mol. The molecule has 6 nitrogen and oxygen atoms in total. The molecule has 0 aliphatic heterocycles. The Bertz CT molecular complexity index is 1300. The second-order valence-corrected chi connectivity index (χ2v) is 13.1. The number of fused-ring (bicyclic) bond motifs is 5. The number of hydrogen-bond donors (Lipinski definition) is 1. The first-order valence-corrected chi connectivity index (χ1v) is 14.2. The van der Waals surface area contributed by atoms with E-state index >= 15 is 0 Å². The zero-order valence-electron chi connectivity index (χ0n) is 21.5. The SMILES string of the molecule is [C-]#[N+]C(=C1CC[C@H]2[C@@H]3CC=C4C=C(OC)CC[C@]4(C)[C@H]3[C@@H](O)C[C@]12C)S(=O)(=O)c1ccc(OC)cc1. The fourth-order valence-corrected chi connectivity index (χ4v) is 9.41. The van der Waals surface area contributed by atoms with Crippen molar-refractivity contribution >= 4 is 9.84 Å². The van der Waals surface area contributed by atoms with Gasteiger partial charge < -0.3 is 14.6 Å². The Morgan fingerprint density at radius 3 is 2.47 bits per heavy atom. The quantitative estimate of drug-likeness (QED) is 0.529. The van der Waals surface area contributed by atoms with E-state index in [1.165, 1.54) is 24.8 Å². The number of nitrogens with zero attached hydrogens (tertiary/aromatic N) is 1. The van der Waals surface area contributed by atoms with Crippen molar-refractivity contribution in [3.05, 3.63) is 69.8 Å². The number of hydrogen-bond acceptors (Lipinski definition) is 5. The largest absolute Gasteiger partial charge is 0.501 e. The number of methoxy groups -OCH3 is 2. The first-order valence-electron chi connectivity index (χ1n) is 12.7. The van der Waals surface area contributed by atoms with Gasteiger partial charge in [0, 0.05) is 6.42 Å². The lowest BCUT2D eigenvalue weighted by Crippen LogP contribution is -2.54. The predicted molar refractivity (Wildman–Crippen MR) is 137 cm³/mol. The monoisotopic (exact) mass is 509 g/mol. The highest BCUT2D eigenvalue weighted by molar-refractivity contribution is 7.95. The first kappa shape index (κ1) is 25.1. The van der Waals surface area contributed by atoms with Gasteiger partial charge in [0.25, 0.3) is 5.03 Å². The number of allylic oxidation sites excluding steroid dienone is 5. The summed E-state index contributed by atoms with van der Waals surface area (Å²) in [5, 5.41) is 11.5.